The molecule has 0 bridgehead atoms. The molecule has 18 heavy (non-hydrogen) atoms. The third-order valence-electron chi connectivity index (χ3n) is 3.62. The number of carbonyl (C=O) groups excluding carboxylic acids is 1. The van der Waals surface area contributed by atoms with Gasteiger partial charge in [-0.25, -0.2) is 0 Å². The predicted octanol–water partition coefficient (Wildman–Crippen LogP) is 1.50. The summed E-state index contributed by atoms with van der Waals surface area (Å²) in [4.78, 5) is 11.8. The molecule has 0 saturated heterocycles. The van der Waals surface area contributed by atoms with Gasteiger partial charge in [0.25, 0.3) is 0 Å². The zero-order chi connectivity index (χ0) is 13.0. The van der Waals surface area contributed by atoms with Gasteiger partial charge in [-0.2, -0.15) is 0 Å². The van der Waals surface area contributed by atoms with Gasteiger partial charge < -0.3 is 15.8 Å². The maximum atomic E-state index is 11.8. The highest BCUT2D eigenvalue weighted by atomic mass is 16.5. The summed E-state index contributed by atoms with van der Waals surface area (Å²) in [6, 6.07) is 7.41. The molecule has 1 aliphatic rings. The minimum Gasteiger partial charge on any atom is -0.399 e. The number of ether oxygens (including phenoxy) is 1. The number of nitrogens with two attached hydrogens (primary N) is 1. The van der Waals surface area contributed by atoms with E-state index in [2.05, 4.69) is 5.32 Å². The monoisotopic (exact) mass is 248 g/mol. The Hall–Kier alpha value is -1.55. The molecule has 0 aliphatic heterocycles. The summed E-state index contributed by atoms with van der Waals surface area (Å²) >= 11 is 0. The molecule has 98 valence electrons. The van der Waals surface area contributed by atoms with Gasteiger partial charge >= 0.3 is 0 Å². The van der Waals surface area contributed by atoms with Crippen molar-refractivity contribution in [3.05, 3.63) is 29.8 Å². The van der Waals surface area contributed by atoms with Crippen molar-refractivity contribution in [3.8, 4) is 0 Å². The van der Waals surface area contributed by atoms with E-state index in [0.29, 0.717) is 18.7 Å². The van der Waals surface area contributed by atoms with Gasteiger partial charge in [0.05, 0.1) is 12.0 Å². The van der Waals surface area contributed by atoms with Gasteiger partial charge in [-0.1, -0.05) is 12.1 Å². The number of carbonyl (C=O) groups is 1. The summed E-state index contributed by atoms with van der Waals surface area (Å²) < 4.78 is 5.46. The van der Waals surface area contributed by atoms with Gasteiger partial charge in [-0.15, -0.1) is 0 Å². The lowest BCUT2D eigenvalue weighted by Crippen LogP contribution is -2.49. The number of methoxy groups -OCH3 is 1. The first kappa shape index (κ1) is 12.9. The van der Waals surface area contributed by atoms with Crippen LogP contribution < -0.4 is 11.1 Å². The van der Waals surface area contributed by atoms with Crippen molar-refractivity contribution in [1.82, 2.24) is 5.32 Å². The summed E-state index contributed by atoms with van der Waals surface area (Å²) in [5, 5.41) is 2.94. The molecular formula is C14H20N2O2. The molecule has 0 radical (unpaired) electrons. The topological polar surface area (TPSA) is 64.3 Å². The average molecular weight is 248 g/mol. The smallest absolute Gasteiger partial charge is 0.224 e. The highest BCUT2D eigenvalue weighted by molar-refractivity contribution is 5.78. The molecule has 0 aromatic heterocycles. The van der Waals surface area contributed by atoms with Crippen molar-refractivity contribution >= 4 is 11.6 Å². The lowest BCUT2D eigenvalue weighted by molar-refractivity contribution is -0.124. The standard InChI is InChI=1S/C14H20N2O2/c1-18-14(6-3-7-14)10-16-13(17)9-11-4-2-5-12(15)8-11/h2,4-5,8H,3,6-7,9-10,15H2,1H3,(H,16,17). The number of nitrogen functional groups attached to an aromatic ring is 1. The number of benzene rings is 1. The summed E-state index contributed by atoms with van der Waals surface area (Å²) in [7, 11) is 1.71. The summed E-state index contributed by atoms with van der Waals surface area (Å²) in [5.74, 6) is 0.0175. The van der Waals surface area contributed by atoms with E-state index in [9.17, 15) is 4.79 Å². The van der Waals surface area contributed by atoms with Gasteiger partial charge in [0.2, 0.25) is 5.91 Å². The second kappa shape index (κ2) is 5.40. The van der Waals surface area contributed by atoms with Crippen LogP contribution in [0.25, 0.3) is 0 Å². The number of rotatable bonds is 5. The summed E-state index contributed by atoms with van der Waals surface area (Å²) in [6.45, 7) is 0.602. The first-order valence-electron chi connectivity index (χ1n) is 6.30. The third kappa shape index (κ3) is 3.01. The normalized spacial score (nSPS) is 16.9. The fourth-order valence-corrected chi connectivity index (χ4v) is 2.23. The van der Waals surface area contributed by atoms with Crippen LogP contribution in [0.3, 0.4) is 0 Å². The van der Waals surface area contributed by atoms with Crippen molar-refractivity contribution in [2.75, 3.05) is 19.4 Å². The van der Waals surface area contributed by atoms with Gasteiger partial charge in [-0.05, 0) is 37.0 Å². The van der Waals surface area contributed by atoms with Crippen LogP contribution in [0.4, 0.5) is 5.69 Å². The average Bonchev–Trinajstić information content (AvgIpc) is 2.28. The number of amides is 1. The molecule has 0 atom stereocenters. The molecule has 0 spiro atoms. The third-order valence-corrected chi connectivity index (χ3v) is 3.62. The number of hydrogen-bond donors (Lipinski definition) is 2. The Kier molecular flexibility index (Phi) is 3.87. The van der Waals surface area contributed by atoms with Crippen molar-refractivity contribution in [1.29, 1.82) is 0 Å². The Balaban J connectivity index is 1.82. The fourth-order valence-electron chi connectivity index (χ4n) is 2.23. The summed E-state index contributed by atoms with van der Waals surface area (Å²) in [5.41, 5.74) is 7.18. The van der Waals surface area contributed by atoms with E-state index < -0.39 is 0 Å². The lowest BCUT2D eigenvalue weighted by atomic mass is 9.80. The maximum Gasteiger partial charge on any atom is 0.224 e. The lowest BCUT2D eigenvalue weighted by Gasteiger charge is -2.40. The quantitative estimate of drug-likeness (QED) is 0.776. The second-order valence-electron chi connectivity index (χ2n) is 4.94. The molecule has 0 unspecified atom stereocenters. The second-order valence-corrected chi connectivity index (χ2v) is 4.94. The van der Waals surface area contributed by atoms with Crippen LogP contribution in [0, 0.1) is 0 Å². The Morgan fingerprint density at radius 1 is 1.50 bits per heavy atom. The van der Waals surface area contributed by atoms with E-state index in [1.165, 1.54) is 6.42 Å². The van der Waals surface area contributed by atoms with Crippen molar-refractivity contribution in [2.45, 2.75) is 31.3 Å². The van der Waals surface area contributed by atoms with Crippen LogP contribution in [-0.4, -0.2) is 25.2 Å². The predicted molar refractivity (Wildman–Crippen MR) is 71.2 cm³/mol. The van der Waals surface area contributed by atoms with Crippen molar-refractivity contribution < 1.29 is 9.53 Å². The molecule has 1 fully saturated rings. The molecule has 1 aromatic rings. The zero-order valence-electron chi connectivity index (χ0n) is 10.7. The van der Waals surface area contributed by atoms with Gasteiger partial charge in [-0.3, -0.25) is 4.79 Å². The largest absolute Gasteiger partial charge is 0.399 e. The van der Waals surface area contributed by atoms with E-state index in [4.69, 9.17) is 10.5 Å². The van der Waals surface area contributed by atoms with E-state index in [1.807, 2.05) is 24.3 Å². The fraction of sp³-hybridized carbons (Fsp3) is 0.500. The van der Waals surface area contributed by atoms with Gasteiger partial charge in [0.15, 0.2) is 0 Å². The van der Waals surface area contributed by atoms with Crippen molar-refractivity contribution in [3.63, 3.8) is 0 Å². The minimum atomic E-state index is -0.120. The SMILES string of the molecule is COC1(CNC(=O)Cc2cccc(N)c2)CCC1. The Bertz CT molecular complexity index is 422. The highest BCUT2D eigenvalue weighted by Crippen LogP contribution is 2.34. The Morgan fingerprint density at radius 3 is 2.83 bits per heavy atom. The molecule has 0 heterocycles. The minimum absolute atomic E-state index is 0.0175. The molecule has 1 saturated carbocycles. The van der Waals surface area contributed by atoms with E-state index in [1.54, 1.807) is 7.11 Å². The van der Waals surface area contributed by atoms with E-state index >= 15 is 0 Å². The van der Waals surface area contributed by atoms with Crippen LogP contribution in [0.5, 0.6) is 0 Å². The van der Waals surface area contributed by atoms with Crippen LogP contribution in [0.15, 0.2) is 24.3 Å². The molecule has 2 rings (SSSR count). The van der Waals surface area contributed by atoms with E-state index in [0.717, 1.165) is 18.4 Å². The first-order valence-corrected chi connectivity index (χ1v) is 6.30. The Labute approximate surface area is 108 Å². The van der Waals surface area contributed by atoms with Crippen LogP contribution >= 0.6 is 0 Å². The molecule has 1 aromatic carbocycles. The number of anilines is 1. The van der Waals surface area contributed by atoms with Crippen LogP contribution in [-0.2, 0) is 16.0 Å². The molecule has 4 nitrogen and oxygen atoms in total. The zero-order valence-corrected chi connectivity index (χ0v) is 10.7. The molecule has 3 N–H and O–H groups in total. The van der Waals surface area contributed by atoms with Crippen LogP contribution in [0.2, 0.25) is 0 Å². The summed E-state index contributed by atoms with van der Waals surface area (Å²) in [6.07, 6.45) is 3.61. The maximum absolute atomic E-state index is 11.8. The first-order chi connectivity index (χ1) is 8.63. The van der Waals surface area contributed by atoms with E-state index in [-0.39, 0.29) is 11.5 Å². The van der Waals surface area contributed by atoms with Crippen LogP contribution in [0.1, 0.15) is 24.8 Å². The number of nitrogens with one attached hydrogen (secondary N) is 1. The highest BCUT2D eigenvalue weighted by Gasteiger charge is 2.37. The van der Waals surface area contributed by atoms with Crippen molar-refractivity contribution in [2.24, 2.45) is 0 Å². The van der Waals surface area contributed by atoms with Gasteiger partial charge in [0, 0.05) is 19.3 Å². The molecule has 1 amide bonds. The Morgan fingerprint density at radius 2 is 2.28 bits per heavy atom. The van der Waals surface area contributed by atoms with Gasteiger partial charge in [0.1, 0.15) is 0 Å². The molecular weight excluding hydrogens is 228 g/mol. The number of hydrogen-bond acceptors (Lipinski definition) is 3. The molecule has 4 heteroatoms. The molecule has 1 aliphatic carbocycles.